The van der Waals surface area contributed by atoms with Gasteiger partial charge in [0.05, 0.1) is 13.2 Å². The van der Waals surface area contributed by atoms with E-state index < -0.39 is 0 Å². The lowest BCUT2D eigenvalue weighted by Gasteiger charge is -2.33. The third-order valence-corrected chi connectivity index (χ3v) is 5.18. The summed E-state index contributed by atoms with van der Waals surface area (Å²) in [4.78, 5) is 25.9. The van der Waals surface area contributed by atoms with Crippen LogP contribution in [0.5, 0.6) is 0 Å². The number of rotatable bonds is 2. The molecule has 4 heterocycles. The summed E-state index contributed by atoms with van der Waals surface area (Å²) in [7, 11) is 0. The van der Waals surface area contributed by atoms with E-state index in [0.717, 1.165) is 50.8 Å². The molecule has 1 amide bonds. The van der Waals surface area contributed by atoms with Crippen LogP contribution in [-0.4, -0.2) is 80.7 Å². The zero-order valence-corrected chi connectivity index (χ0v) is 15.0. The highest BCUT2D eigenvalue weighted by molar-refractivity contribution is 5.91. The maximum Gasteiger partial charge on any atom is 0.293 e. The Kier molecular flexibility index (Phi) is 4.16. The first kappa shape index (κ1) is 16.4. The van der Waals surface area contributed by atoms with Crippen LogP contribution < -0.4 is 0 Å². The first-order valence-electron chi connectivity index (χ1n) is 8.85. The molecule has 0 unspecified atom stereocenters. The molecule has 8 nitrogen and oxygen atoms in total. The number of hydrogen-bond acceptors (Lipinski definition) is 6. The molecule has 2 saturated heterocycles. The normalized spacial score (nSPS) is 25.0. The Morgan fingerprint density at radius 3 is 2.72 bits per heavy atom. The summed E-state index contributed by atoms with van der Waals surface area (Å²) in [5, 5.41) is 4.38. The Bertz CT molecular complexity index is 798. The third kappa shape index (κ3) is 3.00. The minimum atomic E-state index is -0.106. The predicted molar refractivity (Wildman–Crippen MR) is 91.5 cm³/mol. The minimum absolute atomic E-state index is 0.106. The topological polar surface area (TPSA) is 75.9 Å². The number of nitrogens with zero attached hydrogens (tertiary/aromatic N) is 6. The highest BCUT2D eigenvalue weighted by Gasteiger charge is 2.38. The minimum Gasteiger partial charge on any atom is -0.379 e. The zero-order valence-electron chi connectivity index (χ0n) is 15.0. The fourth-order valence-corrected chi connectivity index (χ4v) is 3.90. The van der Waals surface area contributed by atoms with Gasteiger partial charge in [-0.3, -0.25) is 9.69 Å². The van der Waals surface area contributed by atoms with Crippen molar-refractivity contribution < 1.29 is 9.53 Å². The maximum atomic E-state index is 12.9. The van der Waals surface area contributed by atoms with Gasteiger partial charge in [-0.1, -0.05) is 6.92 Å². The summed E-state index contributed by atoms with van der Waals surface area (Å²) in [5.74, 6) is 1.04. The second kappa shape index (κ2) is 6.34. The number of ether oxygens (including phenoxy) is 1. The molecule has 2 aromatic rings. The summed E-state index contributed by atoms with van der Waals surface area (Å²) in [6.45, 7) is 10.9. The van der Waals surface area contributed by atoms with E-state index in [1.54, 1.807) is 4.52 Å². The summed E-state index contributed by atoms with van der Waals surface area (Å²) in [6.07, 6.45) is 0. The Balaban J connectivity index is 1.54. The van der Waals surface area contributed by atoms with Crippen molar-refractivity contribution >= 4 is 11.7 Å². The van der Waals surface area contributed by atoms with Gasteiger partial charge in [0, 0.05) is 43.6 Å². The standard InChI is InChI=1S/C17H24N6O2/c1-11-9-22(10-14(11)21-4-6-25-7-5-21)16(24)15-19-17-18-12(2)8-13(3)23(17)20-15/h8,11,14H,4-7,9-10H2,1-3H3/t11-,14+/m0/s1. The lowest BCUT2D eigenvalue weighted by atomic mass is 10.0. The van der Waals surface area contributed by atoms with Crippen molar-refractivity contribution in [2.45, 2.75) is 26.8 Å². The molecule has 25 heavy (non-hydrogen) atoms. The van der Waals surface area contributed by atoms with Crippen LogP contribution in [0.4, 0.5) is 0 Å². The quantitative estimate of drug-likeness (QED) is 0.791. The van der Waals surface area contributed by atoms with Crippen molar-refractivity contribution in [3.8, 4) is 0 Å². The molecule has 134 valence electrons. The molecule has 8 heteroatoms. The molecule has 0 saturated carbocycles. The Morgan fingerprint density at radius 1 is 1.20 bits per heavy atom. The number of amides is 1. The van der Waals surface area contributed by atoms with Crippen LogP contribution in [0.25, 0.3) is 5.78 Å². The second-order valence-electron chi connectivity index (χ2n) is 7.09. The Labute approximate surface area is 146 Å². The molecule has 0 aliphatic carbocycles. The van der Waals surface area contributed by atoms with Gasteiger partial charge < -0.3 is 9.64 Å². The molecular weight excluding hydrogens is 320 g/mol. The average molecular weight is 344 g/mol. The fraction of sp³-hybridized carbons (Fsp3) is 0.647. The van der Waals surface area contributed by atoms with Crippen molar-refractivity contribution in [2.75, 3.05) is 39.4 Å². The molecule has 2 aliphatic rings. The summed E-state index contributed by atoms with van der Waals surface area (Å²) in [6, 6.07) is 2.31. The van der Waals surface area contributed by atoms with Crippen LogP contribution in [0.2, 0.25) is 0 Å². The molecule has 2 aliphatic heterocycles. The molecular formula is C17H24N6O2. The van der Waals surface area contributed by atoms with Crippen molar-refractivity contribution in [2.24, 2.45) is 5.92 Å². The van der Waals surface area contributed by atoms with Gasteiger partial charge in [-0.05, 0) is 25.8 Å². The zero-order chi connectivity index (χ0) is 17.6. The highest BCUT2D eigenvalue weighted by Crippen LogP contribution is 2.23. The molecule has 2 aromatic heterocycles. The maximum absolute atomic E-state index is 12.9. The number of carbonyl (C=O) groups is 1. The van der Waals surface area contributed by atoms with Crippen molar-refractivity contribution in [3.05, 3.63) is 23.3 Å². The predicted octanol–water partition coefficient (Wildman–Crippen LogP) is 0.534. The molecule has 2 fully saturated rings. The Morgan fingerprint density at radius 2 is 1.96 bits per heavy atom. The number of fused-ring (bicyclic) bond motifs is 1. The number of aromatic nitrogens is 4. The summed E-state index contributed by atoms with van der Waals surface area (Å²) >= 11 is 0. The lowest BCUT2D eigenvalue weighted by Crippen LogP contribution is -2.47. The molecule has 0 N–H and O–H groups in total. The highest BCUT2D eigenvalue weighted by atomic mass is 16.5. The van der Waals surface area contributed by atoms with E-state index >= 15 is 0 Å². The van der Waals surface area contributed by atoms with Crippen LogP contribution in [0, 0.1) is 19.8 Å². The van der Waals surface area contributed by atoms with Gasteiger partial charge in [-0.15, -0.1) is 5.10 Å². The average Bonchev–Trinajstić information content (AvgIpc) is 3.19. The van der Waals surface area contributed by atoms with Crippen LogP contribution in [0.3, 0.4) is 0 Å². The Hall–Kier alpha value is -2.06. The van der Waals surface area contributed by atoms with Gasteiger partial charge in [0.2, 0.25) is 5.82 Å². The fourth-order valence-electron chi connectivity index (χ4n) is 3.90. The van der Waals surface area contributed by atoms with E-state index in [9.17, 15) is 4.79 Å². The van der Waals surface area contributed by atoms with E-state index in [-0.39, 0.29) is 11.7 Å². The molecule has 0 spiro atoms. The molecule has 0 bridgehead atoms. The van der Waals surface area contributed by atoms with E-state index in [1.807, 2.05) is 24.8 Å². The van der Waals surface area contributed by atoms with Crippen molar-refractivity contribution in [3.63, 3.8) is 0 Å². The first-order chi connectivity index (χ1) is 12.0. The van der Waals surface area contributed by atoms with Crippen LogP contribution in [0.1, 0.15) is 28.9 Å². The van der Waals surface area contributed by atoms with E-state index in [1.165, 1.54) is 0 Å². The van der Waals surface area contributed by atoms with Gasteiger partial charge in [-0.2, -0.15) is 4.98 Å². The lowest BCUT2D eigenvalue weighted by molar-refractivity contribution is 0.0119. The number of hydrogen-bond donors (Lipinski definition) is 0. The number of carbonyl (C=O) groups excluding carboxylic acids is 1. The van der Waals surface area contributed by atoms with E-state index in [4.69, 9.17) is 4.74 Å². The van der Waals surface area contributed by atoms with E-state index in [0.29, 0.717) is 17.7 Å². The molecule has 2 atom stereocenters. The van der Waals surface area contributed by atoms with Crippen molar-refractivity contribution in [1.29, 1.82) is 0 Å². The largest absolute Gasteiger partial charge is 0.379 e. The SMILES string of the molecule is Cc1cc(C)n2nc(C(=O)N3C[C@@H](N4CCOCC4)[C@@H](C)C3)nc2n1. The van der Waals surface area contributed by atoms with Gasteiger partial charge in [0.25, 0.3) is 11.7 Å². The molecule has 4 rings (SSSR count). The molecule has 0 radical (unpaired) electrons. The van der Waals surface area contributed by atoms with Crippen LogP contribution in [-0.2, 0) is 4.74 Å². The van der Waals surface area contributed by atoms with Crippen molar-refractivity contribution in [1.82, 2.24) is 29.4 Å². The number of likely N-dealkylation sites (tertiary alicyclic amines) is 1. The van der Waals surface area contributed by atoms with Crippen LogP contribution >= 0.6 is 0 Å². The van der Waals surface area contributed by atoms with Gasteiger partial charge >= 0.3 is 0 Å². The summed E-state index contributed by atoms with van der Waals surface area (Å²) in [5.41, 5.74) is 1.80. The van der Waals surface area contributed by atoms with Crippen LogP contribution in [0.15, 0.2) is 6.07 Å². The first-order valence-corrected chi connectivity index (χ1v) is 8.85. The monoisotopic (exact) mass is 344 g/mol. The van der Waals surface area contributed by atoms with Gasteiger partial charge in [-0.25, -0.2) is 9.50 Å². The number of aryl methyl sites for hydroxylation is 2. The van der Waals surface area contributed by atoms with Gasteiger partial charge in [0.1, 0.15) is 0 Å². The number of morpholine rings is 1. The van der Waals surface area contributed by atoms with Gasteiger partial charge in [0.15, 0.2) is 0 Å². The third-order valence-electron chi connectivity index (χ3n) is 5.18. The summed E-state index contributed by atoms with van der Waals surface area (Å²) < 4.78 is 7.08. The second-order valence-corrected chi connectivity index (χ2v) is 7.09. The smallest absolute Gasteiger partial charge is 0.293 e. The molecule has 0 aromatic carbocycles. The van der Waals surface area contributed by atoms with E-state index in [2.05, 4.69) is 26.9 Å².